The first-order valence-electron chi connectivity index (χ1n) is 13.1. The molecule has 4 fully saturated rings. The lowest BCUT2D eigenvalue weighted by atomic mass is 9.42. The summed E-state index contributed by atoms with van der Waals surface area (Å²) in [6.07, 6.45) is 6.87. The molecule has 2 aromatic rings. The second-order valence-electron chi connectivity index (χ2n) is 11.2. The average Bonchev–Trinajstić information content (AvgIpc) is 2.80. The van der Waals surface area contributed by atoms with Gasteiger partial charge < -0.3 is 14.8 Å². The Morgan fingerprint density at radius 1 is 0.971 bits per heavy atom. The van der Waals surface area contributed by atoms with Crippen molar-refractivity contribution in [1.82, 2.24) is 5.32 Å². The fraction of sp³-hybridized carbons (Fsp3) is 0.567. The van der Waals surface area contributed by atoms with Crippen LogP contribution in [-0.4, -0.2) is 19.1 Å². The number of hydrogen-bond donors (Lipinski definition) is 1. The zero-order valence-electron chi connectivity index (χ0n) is 21.2. The van der Waals surface area contributed by atoms with Crippen molar-refractivity contribution in [2.45, 2.75) is 77.7 Å². The molecule has 4 aliphatic carbocycles. The number of nitrogens with one attached hydrogen (secondary N) is 1. The van der Waals surface area contributed by atoms with Gasteiger partial charge >= 0.3 is 0 Å². The number of amides is 1. The molecule has 2 aromatic carbocycles. The first-order valence-corrected chi connectivity index (χ1v) is 13.1. The van der Waals surface area contributed by atoms with Gasteiger partial charge in [0.2, 0.25) is 5.91 Å². The van der Waals surface area contributed by atoms with Crippen LogP contribution in [0.2, 0.25) is 0 Å². The quantitative estimate of drug-likeness (QED) is 0.488. The third-order valence-corrected chi connectivity index (χ3v) is 8.62. The summed E-state index contributed by atoms with van der Waals surface area (Å²) in [5, 5.41) is 3.42. The van der Waals surface area contributed by atoms with Crippen LogP contribution >= 0.6 is 0 Å². The Labute approximate surface area is 204 Å². The topological polar surface area (TPSA) is 47.6 Å². The zero-order valence-corrected chi connectivity index (χ0v) is 21.2. The van der Waals surface area contributed by atoms with E-state index in [9.17, 15) is 4.79 Å². The Hall–Kier alpha value is -2.49. The van der Waals surface area contributed by atoms with Gasteiger partial charge in [0, 0.05) is 0 Å². The predicted octanol–water partition coefficient (Wildman–Crippen LogP) is 6.51. The normalized spacial score (nSPS) is 30.1. The Morgan fingerprint density at radius 3 is 2.26 bits per heavy atom. The monoisotopic (exact) mass is 461 g/mol. The molecular formula is C30H39NO3. The molecule has 0 aromatic heterocycles. The highest BCUT2D eigenvalue weighted by Gasteiger charge is 2.61. The van der Waals surface area contributed by atoms with Crippen LogP contribution in [0.25, 0.3) is 0 Å². The van der Waals surface area contributed by atoms with Gasteiger partial charge in [0.1, 0.15) is 0 Å². The van der Waals surface area contributed by atoms with E-state index in [1.807, 2.05) is 32.0 Å². The van der Waals surface area contributed by atoms with Gasteiger partial charge in [-0.1, -0.05) is 35.9 Å². The van der Waals surface area contributed by atoms with Gasteiger partial charge in [-0.05, 0) is 107 Å². The number of rotatable bonds is 8. The predicted molar refractivity (Wildman–Crippen MR) is 135 cm³/mol. The molecular weight excluding hydrogens is 422 g/mol. The minimum Gasteiger partial charge on any atom is -0.490 e. The van der Waals surface area contributed by atoms with Crippen molar-refractivity contribution in [3.8, 4) is 11.5 Å². The third-order valence-electron chi connectivity index (χ3n) is 8.62. The highest BCUT2D eigenvalue weighted by molar-refractivity contribution is 5.84. The Kier molecular flexibility index (Phi) is 6.12. The van der Waals surface area contributed by atoms with Gasteiger partial charge in [-0.25, -0.2) is 0 Å². The minimum atomic E-state index is -0.239. The average molecular weight is 462 g/mol. The molecule has 1 N–H and O–H groups in total. The second-order valence-corrected chi connectivity index (χ2v) is 11.2. The van der Waals surface area contributed by atoms with E-state index >= 15 is 0 Å². The van der Waals surface area contributed by atoms with E-state index in [0.717, 1.165) is 36.3 Å². The van der Waals surface area contributed by atoms with Crippen LogP contribution in [0, 0.1) is 24.2 Å². The number of ether oxygens (including phenoxy) is 2. The van der Waals surface area contributed by atoms with Gasteiger partial charge in [0.25, 0.3) is 0 Å². The molecule has 0 radical (unpaired) electrons. The largest absolute Gasteiger partial charge is 0.490 e. The molecule has 2 unspecified atom stereocenters. The highest BCUT2D eigenvalue weighted by atomic mass is 16.5. The smallest absolute Gasteiger partial charge is 0.226 e. The molecule has 4 saturated carbocycles. The molecule has 0 saturated heterocycles. The Bertz CT molecular complexity index is 1030. The van der Waals surface area contributed by atoms with Crippen molar-refractivity contribution >= 4 is 5.91 Å². The van der Waals surface area contributed by atoms with E-state index in [4.69, 9.17) is 9.47 Å². The maximum Gasteiger partial charge on any atom is 0.226 e. The number of carbonyl (C=O) groups is 1. The molecule has 4 heteroatoms. The van der Waals surface area contributed by atoms with Crippen molar-refractivity contribution in [1.29, 1.82) is 0 Å². The van der Waals surface area contributed by atoms with Crippen molar-refractivity contribution < 1.29 is 14.3 Å². The maximum atomic E-state index is 13.9. The number of hydrogen-bond acceptors (Lipinski definition) is 3. The lowest BCUT2D eigenvalue weighted by Gasteiger charge is -2.61. The van der Waals surface area contributed by atoms with Gasteiger partial charge in [-0.3, -0.25) is 4.79 Å². The fourth-order valence-electron chi connectivity index (χ4n) is 7.54. The van der Waals surface area contributed by atoms with E-state index in [-0.39, 0.29) is 22.8 Å². The van der Waals surface area contributed by atoms with E-state index in [0.29, 0.717) is 25.0 Å². The molecule has 4 bridgehead atoms. The summed E-state index contributed by atoms with van der Waals surface area (Å²) in [6, 6.07) is 15.1. The van der Waals surface area contributed by atoms with Crippen molar-refractivity contribution in [3.05, 3.63) is 59.2 Å². The molecule has 0 heterocycles. The number of benzene rings is 2. The van der Waals surface area contributed by atoms with E-state index in [2.05, 4.69) is 43.4 Å². The molecule has 0 spiro atoms. The maximum absolute atomic E-state index is 13.9. The molecule has 4 nitrogen and oxygen atoms in total. The summed E-state index contributed by atoms with van der Waals surface area (Å²) in [6.45, 7) is 9.36. The summed E-state index contributed by atoms with van der Waals surface area (Å²) in [7, 11) is 0. The molecule has 4 aliphatic rings. The molecule has 1 amide bonds. The second kappa shape index (κ2) is 8.94. The Balaban J connectivity index is 1.37. The molecule has 0 aliphatic heterocycles. The molecule has 182 valence electrons. The van der Waals surface area contributed by atoms with Gasteiger partial charge in [-0.15, -0.1) is 0 Å². The van der Waals surface area contributed by atoms with Crippen LogP contribution in [-0.2, 0) is 10.2 Å². The lowest BCUT2D eigenvalue weighted by Crippen LogP contribution is -2.59. The van der Waals surface area contributed by atoms with Gasteiger partial charge in [0.05, 0.1) is 24.7 Å². The van der Waals surface area contributed by atoms with E-state index in [1.165, 1.54) is 30.4 Å². The summed E-state index contributed by atoms with van der Waals surface area (Å²) in [4.78, 5) is 13.9. The molecule has 34 heavy (non-hydrogen) atoms. The summed E-state index contributed by atoms with van der Waals surface area (Å²) in [5.41, 5.74) is 3.73. The van der Waals surface area contributed by atoms with Crippen molar-refractivity contribution in [3.63, 3.8) is 0 Å². The first-order chi connectivity index (χ1) is 16.4. The van der Waals surface area contributed by atoms with Crippen LogP contribution in [0.4, 0.5) is 0 Å². The van der Waals surface area contributed by atoms with Crippen molar-refractivity contribution in [2.75, 3.05) is 13.2 Å². The highest BCUT2D eigenvalue weighted by Crippen LogP contribution is 2.65. The Morgan fingerprint density at radius 2 is 1.62 bits per heavy atom. The van der Waals surface area contributed by atoms with Crippen LogP contribution in [0.3, 0.4) is 0 Å². The van der Waals surface area contributed by atoms with Crippen LogP contribution < -0.4 is 14.8 Å². The molecule has 5 atom stereocenters. The van der Waals surface area contributed by atoms with Crippen LogP contribution in [0.5, 0.6) is 11.5 Å². The summed E-state index contributed by atoms with van der Waals surface area (Å²) >= 11 is 0. The standard InChI is InChI=1S/C30H39NO3/c1-5-33-26-12-9-24(14-27(26)34-6-2)21(4)31-28(32)30-17-22-13-23(18-30)16-29(15-22,19-30)25-10-7-20(3)8-11-25/h7-12,14,21-23H,5-6,13,15-19H2,1-4H3,(H,31,32)/t21-,22-,23+,29?,30?/m1/s1. The summed E-state index contributed by atoms with van der Waals surface area (Å²) in [5.74, 6) is 3.08. The lowest BCUT2D eigenvalue weighted by molar-refractivity contribution is -0.149. The van der Waals surface area contributed by atoms with Crippen molar-refractivity contribution in [2.24, 2.45) is 17.3 Å². The van der Waals surface area contributed by atoms with E-state index < -0.39 is 0 Å². The summed E-state index contributed by atoms with van der Waals surface area (Å²) < 4.78 is 11.5. The fourth-order valence-corrected chi connectivity index (χ4v) is 7.54. The SMILES string of the molecule is CCOc1ccc([C@@H](C)NC(=O)C23C[C@H]4C[C@@H](C2)CC(c2ccc(C)cc2)(C4)C3)cc1OCC. The number of aryl methyl sites for hydroxylation is 1. The first kappa shape index (κ1) is 23.3. The van der Waals surface area contributed by atoms with Gasteiger partial charge in [-0.2, -0.15) is 0 Å². The molecule has 6 rings (SSSR count). The minimum absolute atomic E-state index is 0.0780. The van der Waals surface area contributed by atoms with Gasteiger partial charge in [0.15, 0.2) is 11.5 Å². The van der Waals surface area contributed by atoms with E-state index in [1.54, 1.807) is 0 Å². The van der Waals surface area contributed by atoms with Crippen LogP contribution in [0.1, 0.15) is 82.0 Å². The third kappa shape index (κ3) is 4.10. The van der Waals surface area contributed by atoms with Crippen LogP contribution in [0.15, 0.2) is 42.5 Å². The number of carbonyl (C=O) groups excluding carboxylic acids is 1. The zero-order chi connectivity index (χ0) is 23.9.